The molecule has 0 rings (SSSR count). The average molecular weight is 199 g/mol. The molecule has 3 N–H and O–H groups in total. The van der Waals surface area contributed by atoms with Crippen molar-refractivity contribution in [3.63, 3.8) is 0 Å². The fourth-order valence-corrected chi connectivity index (χ4v) is 0. The van der Waals surface area contributed by atoms with Crippen molar-refractivity contribution < 1.29 is 123 Å². The Morgan fingerprint density at radius 3 is 1.50 bits per heavy atom. The average Bonchev–Trinajstić information content (AvgIpc) is 1.65. The van der Waals surface area contributed by atoms with Gasteiger partial charge in [0.05, 0.1) is 6.61 Å². The Morgan fingerprint density at radius 1 is 1.40 bits per heavy atom. The first-order chi connectivity index (χ1) is 3.65. The van der Waals surface area contributed by atoms with Gasteiger partial charge in [-0.1, -0.05) is 0 Å². The van der Waals surface area contributed by atoms with Crippen LogP contribution in [-0.2, 0) is 0 Å². The molecule has 0 atom stereocenters. The number of hydrogen-bond acceptors (Lipinski definition) is 5. The van der Waals surface area contributed by atoms with Crippen molar-refractivity contribution in [3.8, 4) is 0 Å². The Kier molecular flexibility index (Phi) is 51.5. The van der Waals surface area contributed by atoms with Gasteiger partial charge in [0.25, 0.3) is 0 Å². The van der Waals surface area contributed by atoms with Gasteiger partial charge in [0.2, 0.25) is 0 Å². The number of hydrogen-bond donors (Lipinski definition) is 2. The summed E-state index contributed by atoms with van der Waals surface area (Å²) in [5.41, 5.74) is 4.78. The molecule has 5 nitrogen and oxygen atoms in total. The van der Waals surface area contributed by atoms with Crippen molar-refractivity contribution in [1.29, 1.82) is 0 Å². The molecule has 0 amide bonds. The van der Waals surface area contributed by atoms with Gasteiger partial charge in [-0.25, -0.2) is 0 Å². The smallest absolute Gasteiger partial charge is 0.652 e. The second-order valence-electron chi connectivity index (χ2n) is 0.762. The predicted molar refractivity (Wildman–Crippen MR) is 21.5 cm³/mol. The molecule has 0 aliphatic heterocycles. The molecule has 0 aromatic heterocycles. The summed E-state index contributed by atoms with van der Waals surface area (Å²) in [6.07, 6.45) is -2.33. The SMILES string of the molecule is NCCO.O=C([O-])[O-].[K+].[K+]. The molecule has 10 heavy (non-hydrogen) atoms. The minimum atomic E-state index is -2.33. The number of nitrogens with two attached hydrogens (primary N) is 1. The third-order valence-corrected chi connectivity index (χ3v) is 0.129. The van der Waals surface area contributed by atoms with Crippen LogP contribution in [0.25, 0.3) is 0 Å². The van der Waals surface area contributed by atoms with E-state index in [1.54, 1.807) is 0 Å². The molecule has 0 fully saturated rings. The van der Waals surface area contributed by atoms with Crippen LogP contribution in [0.3, 0.4) is 0 Å². The van der Waals surface area contributed by atoms with E-state index in [4.69, 9.17) is 25.8 Å². The van der Waals surface area contributed by atoms with Crippen LogP contribution in [0.5, 0.6) is 0 Å². The fourth-order valence-electron chi connectivity index (χ4n) is 0. The summed E-state index contributed by atoms with van der Waals surface area (Å²) in [6.45, 7) is 0.472. The molecule has 0 bridgehead atoms. The van der Waals surface area contributed by atoms with E-state index in [0.29, 0.717) is 6.54 Å². The van der Waals surface area contributed by atoms with Gasteiger partial charge in [0.15, 0.2) is 0 Å². The standard InChI is InChI=1S/C2H7NO.CH2O3.2K/c3-1-2-4;2-1(3)4;;/h4H,1-3H2;(H2,2,3,4);;/q;;2*+1/p-2. The minimum absolute atomic E-state index is 0. The van der Waals surface area contributed by atoms with Crippen LogP contribution in [0.4, 0.5) is 4.79 Å². The first-order valence-electron chi connectivity index (χ1n) is 1.84. The molecular formula is C3H7K2NO4. The predicted octanol–water partition coefficient (Wildman–Crippen LogP) is -9.50. The van der Waals surface area contributed by atoms with Crippen LogP contribution < -0.4 is 119 Å². The molecule has 0 aromatic carbocycles. The molecule has 0 aliphatic rings. The summed E-state index contributed by atoms with van der Waals surface area (Å²) in [6, 6.07) is 0. The molecule has 0 saturated heterocycles. The van der Waals surface area contributed by atoms with Gasteiger partial charge < -0.3 is 25.8 Å². The summed E-state index contributed by atoms with van der Waals surface area (Å²) in [7, 11) is 0. The van der Waals surface area contributed by atoms with Crippen molar-refractivity contribution >= 4 is 6.16 Å². The maximum absolute atomic E-state index is 8.33. The summed E-state index contributed by atoms with van der Waals surface area (Å²) < 4.78 is 0. The van der Waals surface area contributed by atoms with E-state index in [2.05, 4.69) is 0 Å². The van der Waals surface area contributed by atoms with Gasteiger partial charge in [0.1, 0.15) is 0 Å². The second-order valence-corrected chi connectivity index (χ2v) is 0.762. The molecule has 0 radical (unpaired) electrons. The number of rotatable bonds is 1. The van der Waals surface area contributed by atoms with Crippen molar-refractivity contribution in [2.75, 3.05) is 13.2 Å². The zero-order chi connectivity index (χ0) is 6.99. The van der Waals surface area contributed by atoms with Crippen LogP contribution in [0.2, 0.25) is 0 Å². The summed E-state index contributed by atoms with van der Waals surface area (Å²) in [4.78, 5) is 8.33. The number of aliphatic hydroxyl groups excluding tert-OH is 1. The number of aliphatic hydroxyl groups is 1. The van der Waals surface area contributed by atoms with E-state index >= 15 is 0 Å². The van der Waals surface area contributed by atoms with Crippen LogP contribution in [0.1, 0.15) is 0 Å². The van der Waals surface area contributed by atoms with Crippen molar-refractivity contribution in [2.24, 2.45) is 5.73 Å². The Balaban J connectivity index is -0.0000000300. The number of carboxylic acid groups (broad SMARTS) is 2. The zero-order valence-electron chi connectivity index (χ0n) is 6.16. The first kappa shape index (κ1) is 22.9. The van der Waals surface area contributed by atoms with Gasteiger partial charge in [-0.3, -0.25) is 0 Å². The molecule has 50 valence electrons. The molecule has 7 heteroatoms. The summed E-state index contributed by atoms with van der Waals surface area (Å²) in [5.74, 6) is 0. The monoisotopic (exact) mass is 199 g/mol. The molecular weight excluding hydrogens is 192 g/mol. The van der Waals surface area contributed by atoms with Gasteiger partial charge in [-0.2, -0.15) is 0 Å². The van der Waals surface area contributed by atoms with Gasteiger partial charge >= 0.3 is 103 Å². The van der Waals surface area contributed by atoms with Crippen molar-refractivity contribution in [2.45, 2.75) is 0 Å². The molecule has 0 aliphatic carbocycles. The van der Waals surface area contributed by atoms with E-state index in [1.165, 1.54) is 0 Å². The Hall–Kier alpha value is 2.46. The number of carbonyl (C=O) groups excluding carboxylic acids is 1. The Morgan fingerprint density at radius 2 is 1.50 bits per heavy atom. The van der Waals surface area contributed by atoms with Crippen LogP contribution in [0, 0.1) is 0 Å². The van der Waals surface area contributed by atoms with E-state index in [0.717, 1.165) is 0 Å². The van der Waals surface area contributed by atoms with E-state index in [1.807, 2.05) is 0 Å². The zero-order valence-corrected chi connectivity index (χ0v) is 12.4. The second kappa shape index (κ2) is 22.5. The van der Waals surface area contributed by atoms with Crippen LogP contribution in [-0.4, -0.2) is 24.4 Å². The van der Waals surface area contributed by atoms with E-state index in [-0.39, 0.29) is 109 Å². The van der Waals surface area contributed by atoms with Crippen molar-refractivity contribution in [3.05, 3.63) is 0 Å². The molecule has 0 aromatic rings. The summed E-state index contributed by atoms with van der Waals surface area (Å²) in [5, 5.41) is 24.4. The van der Waals surface area contributed by atoms with E-state index in [9.17, 15) is 0 Å². The third kappa shape index (κ3) is 78.1. The maximum Gasteiger partial charge on any atom is 1.00 e. The number of carbonyl (C=O) groups is 1. The molecule has 0 spiro atoms. The van der Waals surface area contributed by atoms with Crippen molar-refractivity contribution in [1.82, 2.24) is 0 Å². The molecule has 0 unspecified atom stereocenters. The third-order valence-electron chi connectivity index (χ3n) is 0.129. The van der Waals surface area contributed by atoms with E-state index < -0.39 is 6.16 Å². The van der Waals surface area contributed by atoms with Gasteiger partial charge in [-0.15, -0.1) is 0 Å². The Bertz CT molecular complexity index is 56.5. The topological polar surface area (TPSA) is 109 Å². The quantitative estimate of drug-likeness (QED) is 0.408. The van der Waals surface area contributed by atoms with Gasteiger partial charge in [-0.05, 0) is 6.16 Å². The minimum Gasteiger partial charge on any atom is -0.652 e. The van der Waals surface area contributed by atoms with Crippen LogP contribution >= 0.6 is 0 Å². The van der Waals surface area contributed by atoms with Gasteiger partial charge in [0, 0.05) is 6.54 Å². The van der Waals surface area contributed by atoms with Crippen LogP contribution in [0.15, 0.2) is 0 Å². The molecule has 0 saturated carbocycles. The first-order valence-corrected chi connectivity index (χ1v) is 1.84. The fraction of sp³-hybridized carbons (Fsp3) is 0.667. The molecule has 0 heterocycles. The maximum atomic E-state index is 8.33. The largest absolute Gasteiger partial charge is 1.00 e. The Labute approximate surface area is 144 Å². The summed E-state index contributed by atoms with van der Waals surface area (Å²) >= 11 is 0. The normalized spacial score (nSPS) is 5.40.